The standard InChI is InChI=1S/C17H21N3O5S/c1-11-14(9-18-15-5-4-13(24-2)8-16(15)25-3)17(21)20(19-11)12-6-7-26(22,23)10-12/h4-5,8-9,12,19H,6-7,10H2,1-3H3. The Bertz CT molecular complexity index is 1000. The fraction of sp³-hybridized carbons (Fsp3) is 0.412. The molecule has 2 heterocycles. The first kappa shape index (κ1) is 18.2. The number of ether oxygens (including phenoxy) is 2. The van der Waals surface area contributed by atoms with Crippen molar-refractivity contribution in [3.63, 3.8) is 0 Å². The first-order chi connectivity index (χ1) is 12.3. The van der Waals surface area contributed by atoms with E-state index in [0.29, 0.717) is 34.9 Å². The number of methoxy groups -OCH3 is 2. The summed E-state index contributed by atoms with van der Waals surface area (Å²) in [6.07, 6.45) is 1.91. The summed E-state index contributed by atoms with van der Waals surface area (Å²) in [5, 5.41) is 2.97. The van der Waals surface area contributed by atoms with Gasteiger partial charge in [-0.05, 0) is 25.5 Å². The molecule has 0 aliphatic carbocycles. The van der Waals surface area contributed by atoms with Gasteiger partial charge in [-0.15, -0.1) is 0 Å². The van der Waals surface area contributed by atoms with Crippen molar-refractivity contribution in [3.8, 4) is 11.5 Å². The zero-order chi connectivity index (χ0) is 18.9. The van der Waals surface area contributed by atoms with Crippen LogP contribution in [0, 0.1) is 6.92 Å². The van der Waals surface area contributed by atoms with Crippen LogP contribution in [-0.2, 0) is 9.84 Å². The van der Waals surface area contributed by atoms with Crippen LogP contribution < -0.4 is 15.0 Å². The van der Waals surface area contributed by atoms with Crippen molar-refractivity contribution in [1.82, 2.24) is 9.78 Å². The molecule has 0 bridgehead atoms. The smallest absolute Gasteiger partial charge is 0.275 e. The number of nitrogens with one attached hydrogen (secondary N) is 1. The lowest BCUT2D eigenvalue weighted by atomic mass is 10.2. The van der Waals surface area contributed by atoms with E-state index in [1.807, 2.05) is 0 Å². The van der Waals surface area contributed by atoms with Crippen molar-refractivity contribution in [2.75, 3.05) is 25.7 Å². The van der Waals surface area contributed by atoms with Gasteiger partial charge in [-0.1, -0.05) is 0 Å². The van der Waals surface area contributed by atoms with Crippen LogP contribution in [0.3, 0.4) is 0 Å². The molecule has 0 saturated carbocycles. The van der Waals surface area contributed by atoms with Gasteiger partial charge in [-0.25, -0.2) is 13.1 Å². The molecule has 1 N–H and O–H groups in total. The summed E-state index contributed by atoms with van der Waals surface area (Å²) in [6.45, 7) is 1.76. The van der Waals surface area contributed by atoms with E-state index in [1.165, 1.54) is 18.0 Å². The average molecular weight is 379 g/mol. The van der Waals surface area contributed by atoms with Crippen molar-refractivity contribution in [2.45, 2.75) is 19.4 Å². The lowest BCUT2D eigenvalue weighted by Crippen LogP contribution is -2.25. The van der Waals surface area contributed by atoms with Gasteiger partial charge in [0.15, 0.2) is 9.84 Å². The third-order valence-corrected chi connectivity index (χ3v) is 6.18. The second-order valence-electron chi connectivity index (χ2n) is 6.18. The lowest BCUT2D eigenvalue weighted by molar-refractivity contribution is 0.395. The fourth-order valence-corrected chi connectivity index (χ4v) is 4.70. The third-order valence-electron chi connectivity index (χ3n) is 4.43. The Morgan fingerprint density at radius 2 is 2.08 bits per heavy atom. The van der Waals surface area contributed by atoms with E-state index in [0.717, 1.165) is 0 Å². The molecule has 1 unspecified atom stereocenters. The topological polar surface area (TPSA) is 103 Å². The zero-order valence-corrected chi connectivity index (χ0v) is 15.7. The molecule has 9 heteroatoms. The molecule has 0 radical (unpaired) electrons. The molecule has 0 amide bonds. The Hall–Kier alpha value is -2.55. The number of aliphatic imine (C=N–C) groups is 1. The normalized spacial score (nSPS) is 19.1. The molecular formula is C17H21N3O5S. The van der Waals surface area contributed by atoms with Gasteiger partial charge in [-0.2, -0.15) is 0 Å². The predicted molar refractivity (Wildman–Crippen MR) is 98.9 cm³/mol. The van der Waals surface area contributed by atoms with E-state index in [-0.39, 0.29) is 23.1 Å². The number of hydrogen-bond acceptors (Lipinski definition) is 6. The quantitative estimate of drug-likeness (QED) is 0.795. The Morgan fingerprint density at radius 3 is 2.69 bits per heavy atom. The second-order valence-corrected chi connectivity index (χ2v) is 8.41. The van der Waals surface area contributed by atoms with Crippen LogP contribution in [0.1, 0.15) is 23.7 Å². The van der Waals surface area contributed by atoms with Crippen LogP contribution in [-0.4, -0.2) is 50.1 Å². The molecule has 0 spiro atoms. The Morgan fingerprint density at radius 1 is 1.31 bits per heavy atom. The highest BCUT2D eigenvalue weighted by Crippen LogP contribution is 2.31. The Balaban J connectivity index is 1.92. The van der Waals surface area contributed by atoms with Crippen molar-refractivity contribution in [1.29, 1.82) is 0 Å². The van der Waals surface area contributed by atoms with Gasteiger partial charge in [-0.3, -0.25) is 14.9 Å². The molecule has 8 nitrogen and oxygen atoms in total. The van der Waals surface area contributed by atoms with E-state index < -0.39 is 9.84 Å². The van der Waals surface area contributed by atoms with E-state index in [4.69, 9.17) is 9.47 Å². The maximum absolute atomic E-state index is 12.7. The average Bonchev–Trinajstić information content (AvgIpc) is 3.12. The first-order valence-electron chi connectivity index (χ1n) is 8.12. The molecule has 1 aliphatic heterocycles. The van der Waals surface area contributed by atoms with Crippen LogP contribution in [0.15, 0.2) is 28.0 Å². The Labute approximate surface area is 151 Å². The monoisotopic (exact) mass is 379 g/mol. The molecule has 2 aromatic rings. The summed E-state index contributed by atoms with van der Waals surface area (Å²) >= 11 is 0. The van der Waals surface area contributed by atoms with Gasteiger partial charge >= 0.3 is 0 Å². The highest BCUT2D eigenvalue weighted by molar-refractivity contribution is 7.91. The van der Waals surface area contributed by atoms with Gasteiger partial charge in [0, 0.05) is 18.0 Å². The number of rotatable bonds is 5. The SMILES string of the molecule is COc1ccc(N=Cc2c(C)[nH]n(C3CCS(=O)(=O)C3)c2=O)c(OC)c1. The summed E-state index contributed by atoms with van der Waals surface area (Å²) in [7, 11) is 0.0160. The van der Waals surface area contributed by atoms with E-state index in [2.05, 4.69) is 10.1 Å². The molecule has 1 saturated heterocycles. The minimum absolute atomic E-state index is 0.0181. The van der Waals surface area contributed by atoms with Gasteiger partial charge in [0.25, 0.3) is 5.56 Å². The summed E-state index contributed by atoms with van der Waals surface area (Å²) in [4.78, 5) is 17.0. The number of aromatic nitrogens is 2. The van der Waals surface area contributed by atoms with Crippen molar-refractivity contribution >= 4 is 21.7 Å². The van der Waals surface area contributed by atoms with Crippen molar-refractivity contribution in [3.05, 3.63) is 39.8 Å². The second kappa shape index (κ2) is 6.99. The van der Waals surface area contributed by atoms with Gasteiger partial charge in [0.2, 0.25) is 0 Å². The number of hydrogen-bond donors (Lipinski definition) is 1. The molecule has 1 aromatic carbocycles. The third kappa shape index (κ3) is 3.52. The molecule has 3 rings (SSSR count). The summed E-state index contributed by atoms with van der Waals surface area (Å²) in [5.41, 5.74) is 1.31. The maximum atomic E-state index is 12.7. The van der Waals surface area contributed by atoms with Crippen LogP contribution >= 0.6 is 0 Å². The fourth-order valence-electron chi connectivity index (χ4n) is 3.00. The Kier molecular flexibility index (Phi) is 4.90. The predicted octanol–water partition coefficient (Wildman–Crippen LogP) is 1.61. The molecule has 1 aromatic heterocycles. The summed E-state index contributed by atoms with van der Waals surface area (Å²) < 4.78 is 35.2. The van der Waals surface area contributed by atoms with Crippen LogP contribution in [0.25, 0.3) is 0 Å². The van der Waals surface area contributed by atoms with Gasteiger partial charge in [0.1, 0.15) is 17.2 Å². The molecule has 26 heavy (non-hydrogen) atoms. The van der Waals surface area contributed by atoms with E-state index in [1.54, 1.807) is 32.2 Å². The lowest BCUT2D eigenvalue weighted by Gasteiger charge is -2.07. The molecule has 140 valence electrons. The largest absolute Gasteiger partial charge is 0.497 e. The van der Waals surface area contributed by atoms with Crippen LogP contribution in [0.4, 0.5) is 5.69 Å². The minimum atomic E-state index is -3.08. The van der Waals surface area contributed by atoms with Crippen molar-refractivity contribution in [2.24, 2.45) is 4.99 Å². The minimum Gasteiger partial charge on any atom is -0.497 e. The molecular weight excluding hydrogens is 358 g/mol. The van der Waals surface area contributed by atoms with Crippen LogP contribution in [0.5, 0.6) is 11.5 Å². The number of aryl methyl sites for hydroxylation is 1. The van der Waals surface area contributed by atoms with Gasteiger partial charge in [0.05, 0.1) is 37.3 Å². The van der Waals surface area contributed by atoms with E-state index in [9.17, 15) is 13.2 Å². The maximum Gasteiger partial charge on any atom is 0.275 e. The highest BCUT2D eigenvalue weighted by atomic mass is 32.2. The van der Waals surface area contributed by atoms with E-state index >= 15 is 0 Å². The van der Waals surface area contributed by atoms with Gasteiger partial charge < -0.3 is 9.47 Å². The number of H-pyrrole nitrogens is 1. The highest BCUT2D eigenvalue weighted by Gasteiger charge is 2.31. The zero-order valence-electron chi connectivity index (χ0n) is 14.9. The van der Waals surface area contributed by atoms with Crippen molar-refractivity contribution < 1.29 is 17.9 Å². The number of benzene rings is 1. The molecule has 1 atom stereocenters. The number of nitrogens with zero attached hydrogens (tertiary/aromatic N) is 2. The number of aromatic amines is 1. The molecule has 1 aliphatic rings. The first-order valence-corrected chi connectivity index (χ1v) is 9.94. The summed E-state index contributed by atoms with van der Waals surface area (Å²) in [5.74, 6) is 1.25. The summed E-state index contributed by atoms with van der Waals surface area (Å²) in [6, 6.07) is 4.83. The number of sulfone groups is 1. The molecule has 1 fully saturated rings. The van der Waals surface area contributed by atoms with Crippen LogP contribution in [0.2, 0.25) is 0 Å².